The molecule has 0 radical (unpaired) electrons. The molecule has 14 atom stereocenters. The molecule has 22 N–H and O–H groups in total. The Morgan fingerprint density at radius 2 is 1.08 bits per heavy atom. The van der Waals surface area contributed by atoms with Crippen LogP contribution in [0.4, 0.5) is 8.78 Å². The largest absolute Gasteiger partial charge is 0.508 e. The van der Waals surface area contributed by atoms with Gasteiger partial charge in [0.25, 0.3) is 5.91 Å². The third-order valence-electron chi connectivity index (χ3n) is 16.8. The Morgan fingerprint density at radius 3 is 1.61 bits per heavy atom. The minimum atomic E-state index is -2.76. The number of cyclic esters (lactones) is 1. The fourth-order valence-corrected chi connectivity index (χ4v) is 11.3. The van der Waals surface area contributed by atoms with E-state index in [9.17, 15) is 107 Å². The lowest BCUT2D eigenvalue weighted by Crippen LogP contribution is -2.63. The number of amides is 12. The van der Waals surface area contributed by atoms with Crippen molar-refractivity contribution in [1.82, 2.24) is 68.5 Å². The van der Waals surface area contributed by atoms with Crippen LogP contribution in [0.5, 0.6) is 5.75 Å². The number of primary amides is 1. The van der Waals surface area contributed by atoms with Crippen LogP contribution in [0.3, 0.4) is 0 Å². The maximum absolute atomic E-state index is 15.3. The molecule has 40 nitrogen and oxygen atoms in total. The topological polar surface area (TPSA) is 643 Å². The molecule has 2 aliphatic rings. The molecule has 2 aromatic heterocycles. The number of phenols is 1. The van der Waals surface area contributed by atoms with Gasteiger partial charge in [-0.3, -0.25) is 76.7 Å². The van der Waals surface area contributed by atoms with Crippen LogP contribution in [0.15, 0.2) is 73.1 Å². The monoisotopic (exact) mass is 1520 g/mol. The second-order valence-electron chi connectivity index (χ2n) is 24.9. The van der Waals surface area contributed by atoms with Gasteiger partial charge in [-0.15, -0.1) is 0 Å². The zero-order valence-corrected chi connectivity index (χ0v) is 57.0. The van der Waals surface area contributed by atoms with E-state index in [2.05, 4.69) is 41.9 Å². The molecule has 0 bridgehead atoms. The molecule has 0 aliphatic carbocycles. The number of carboxylic acid groups (broad SMARTS) is 4. The Balaban J connectivity index is 1.38. The average molecular weight is 1520 g/mol. The van der Waals surface area contributed by atoms with Crippen LogP contribution in [-0.2, 0) is 104 Å². The second kappa shape index (κ2) is 37.3. The van der Waals surface area contributed by atoms with Gasteiger partial charge < -0.3 is 119 Å². The van der Waals surface area contributed by atoms with Crippen molar-refractivity contribution in [1.29, 1.82) is 0 Å². The van der Waals surface area contributed by atoms with Gasteiger partial charge in [-0.05, 0) is 85.0 Å². The molecule has 5 aromatic rings. The Bertz CT molecular complexity index is 4310. The van der Waals surface area contributed by atoms with Gasteiger partial charge in [0.2, 0.25) is 65.0 Å². The van der Waals surface area contributed by atoms with E-state index in [1.54, 1.807) is 6.92 Å². The number of esters is 1. The number of carbonyl (C=O) groups is 17. The summed E-state index contributed by atoms with van der Waals surface area (Å²) in [6.45, 7) is 0.134. The highest BCUT2D eigenvalue weighted by molar-refractivity contribution is 6.02. The SMILES string of the molecule is CCC[C@H]1O[C@@H]1C(=O)N[C@@H](CO)C(=O)N[C@@H]1C(=O)N[C@H](Cc2c[nH]c3ccc(F)cc23)C(=O)N[C@@H](CC(=O)O)C(=O)N[C@@H](CC(=O)O)C(=O)N[C@H](c2ccc(O)cc2)C(=O)N[C@@H](CC(=O)O)C(=O)NCC(=O)N[C@@H]([C@H](O)C(N)=O)C(=O)N[C@@H](CCC(=O)O)C(=O)N[C@@H](Cc2c[nH]c3ccc(F)cc23)C(=O)O[C@@H]1C. The van der Waals surface area contributed by atoms with Crippen LogP contribution >= 0.6 is 0 Å². The Morgan fingerprint density at radius 1 is 0.593 bits per heavy atom. The first-order valence-corrected chi connectivity index (χ1v) is 33.0. The minimum absolute atomic E-state index is 0.000790. The van der Waals surface area contributed by atoms with Gasteiger partial charge in [0.15, 0.2) is 12.2 Å². The Kier molecular flexibility index (Phi) is 28.5. The van der Waals surface area contributed by atoms with Crippen LogP contribution in [0.1, 0.15) is 81.5 Å². The molecule has 2 fully saturated rings. The first kappa shape index (κ1) is 82.6. The number of hydrogen-bond acceptors (Lipinski definition) is 22. The number of hydrogen-bond donors (Lipinski definition) is 21. The first-order valence-electron chi connectivity index (χ1n) is 33.0. The van der Waals surface area contributed by atoms with Crippen molar-refractivity contribution in [3.63, 3.8) is 0 Å². The molecule has 0 spiro atoms. The number of nitrogens with one attached hydrogen (secondary N) is 13. The number of aliphatic hydroxyl groups is 2. The van der Waals surface area contributed by atoms with Gasteiger partial charge in [0, 0.05) is 53.5 Å². The standard InChI is InChI=1S/C66H76F2N14O26/c1-3-4-44-54(108-44)65(105)79-43(25-83)61(101)81-50-26(2)107-66(106)42(16-29-23-71-36-12-8-31(68)18-34(29)36)78-57(97)37(13-14-46(86)87)73-64(104)52(53(94)55(69)95)80-45(85)24-72-56(96)39(19-47(88)89)77-63(103)51(27-5-9-32(84)10-6-27)82-60(100)41(21-49(92)93)75-59(99)40(20-48(90)91)74-58(98)38(76-62(50)102)15-28-22-70-35-11-7-30(67)17-33(28)35/h5-12,17-18,22-23,26,37-44,50-54,70-71,83-84,94H,3-4,13-16,19-21,24-25H2,1-2H3,(H2,69,95)(H,72,96)(H,73,104)(H,74,98)(H,75,99)(H,76,102)(H,77,103)(H,78,97)(H,79,105)(H,80,85)(H,81,101)(H,82,100)(H,86,87)(H,88,89)(H,90,91)(H,92,93)/t26-,37+,38-,39+,40+,41+,42+,43+,44-,50+,51-,52+,53+,54+/m1/s1. The Hall–Kier alpha value is -12.7. The summed E-state index contributed by atoms with van der Waals surface area (Å²) in [5.74, 6) is -29.4. The predicted octanol–water partition coefficient (Wildman–Crippen LogP) is -5.60. The average Bonchev–Trinajstić information content (AvgIpc) is 1.78. The summed E-state index contributed by atoms with van der Waals surface area (Å²) in [4.78, 5) is 240. The van der Waals surface area contributed by atoms with E-state index in [1.807, 2.05) is 26.6 Å². The summed E-state index contributed by atoms with van der Waals surface area (Å²) in [7, 11) is 0. The predicted molar refractivity (Wildman–Crippen MR) is 358 cm³/mol. The molecule has 2 aliphatic heterocycles. The van der Waals surface area contributed by atoms with E-state index in [0.717, 1.165) is 55.5 Å². The number of aromatic amines is 2. The number of phenolic OH excluding ortho intramolecular Hbond substituents is 1. The van der Waals surface area contributed by atoms with Crippen LogP contribution in [0, 0.1) is 11.6 Å². The number of fused-ring (bicyclic) bond motifs is 2. The molecule has 2 saturated heterocycles. The molecule has 4 heterocycles. The van der Waals surface area contributed by atoms with Crippen molar-refractivity contribution in [2.75, 3.05) is 13.2 Å². The number of nitrogens with two attached hydrogens (primary N) is 1. The highest BCUT2D eigenvalue weighted by atomic mass is 19.1. The Labute approximate surface area is 607 Å². The highest BCUT2D eigenvalue weighted by Gasteiger charge is 2.46. The van der Waals surface area contributed by atoms with Crippen molar-refractivity contribution in [3.05, 3.63) is 101 Å². The number of aliphatic hydroxyl groups excluding tert-OH is 2. The molecule has 108 heavy (non-hydrogen) atoms. The summed E-state index contributed by atoms with van der Waals surface area (Å²) in [6.07, 6.45) is -11.0. The third-order valence-corrected chi connectivity index (χ3v) is 16.8. The number of H-pyrrole nitrogens is 2. The zero-order chi connectivity index (χ0) is 79.5. The fourth-order valence-electron chi connectivity index (χ4n) is 11.3. The number of carbonyl (C=O) groups excluding carboxylic acids is 13. The van der Waals surface area contributed by atoms with Gasteiger partial charge in [-0.1, -0.05) is 25.5 Å². The number of benzene rings is 3. The van der Waals surface area contributed by atoms with Crippen molar-refractivity contribution in [2.24, 2.45) is 5.73 Å². The van der Waals surface area contributed by atoms with Crippen LogP contribution < -0.4 is 64.2 Å². The third kappa shape index (κ3) is 22.9. The number of aromatic nitrogens is 2. The molecular formula is C66H76F2N14O26. The molecule has 7 rings (SSSR count). The van der Waals surface area contributed by atoms with E-state index >= 15 is 18.8 Å². The van der Waals surface area contributed by atoms with Gasteiger partial charge in [-0.2, -0.15) is 0 Å². The van der Waals surface area contributed by atoms with E-state index in [-0.39, 0.29) is 38.5 Å². The first-order chi connectivity index (χ1) is 51.0. The molecule has 3 aromatic carbocycles. The molecule has 0 unspecified atom stereocenters. The quantitative estimate of drug-likeness (QED) is 0.0214. The van der Waals surface area contributed by atoms with Crippen LogP contribution in [0.2, 0.25) is 0 Å². The number of ether oxygens (including phenoxy) is 2. The van der Waals surface area contributed by atoms with E-state index in [1.165, 1.54) is 24.5 Å². The number of halogens is 2. The lowest BCUT2D eigenvalue weighted by Gasteiger charge is -2.30. The maximum Gasteiger partial charge on any atom is 0.329 e. The summed E-state index contributed by atoms with van der Waals surface area (Å²) >= 11 is 0. The lowest BCUT2D eigenvalue weighted by atomic mass is 10.0. The molecule has 12 amide bonds. The van der Waals surface area contributed by atoms with Crippen molar-refractivity contribution in [3.8, 4) is 5.75 Å². The summed E-state index contributed by atoms with van der Waals surface area (Å²) in [6, 6.07) is -12.4. The second-order valence-corrected chi connectivity index (χ2v) is 24.9. The smallest absolute Gasteiger partial charge is 0.329 e. The molecular weight excluding hydrogens is 1440 g/mol. The van der Waals surface area contributed by atoms with Gasteiger partial charge in [0.05, 0.1) is 38.5 Å². The fraction of sp³-hybridized carbons (Fsp3) is 0.409. The summed E-state index contributed by atoms with van der Waals surface area (Å²) < 4.78 is 41.1. The summed E-state index contributed by atoms with van der Waals surface area (Å²) in [5, 5.41) is 94.6. The van der Waals surface area contributed by atoms with Crippen LogP contribution in [0.25, 0.3) is 21.8 Å². The number of aliphatic carboxylic acids is 4. The molecule has 580 valence electrons. The number of rotatable bonds is 23. The minimum Gasteiger partial charge on any atom is -0.508 e. The zero-order valence-electron chi connectivity index (χ0n) is 57.0. The van der Waals surface area contributed by atoms with E-state index in [0.29, 0.717) is 12.8 Å². The van der Waals surface area contributed by atoms with Crippen molar-refractivity contribution in [2.45, 2.75) is 156 Å². The van der Waals surface area contributed by atoms with Gasteiger partial charge in [-0.25, -0.2) is 13.6 Å². The lowest BCUT2D eigenvalue weighted by molar-refractivity contribution is -0.156. The maximum atomic E-state index is 15.3. The molecule has 42 heteroatoms. The highest BCUT2D eigenvalue weighted by Crippen LogP contribution is 2.28. The van der Waals surface area contributed by atoms with Crippen molar-refractivity contribution < 1.29 is 136 Å². The van der Waals surface area contributed by atoms with Gasteiger partial charge >= 0.3 is 29.8 Å². The number of epoxide rings is 1. The van der Waals surface area contributed by atoms with Crippen LogP contribution in [-0.4, -0.2) is 238 Å². The van der Waals surface area contributed by atoms with E-state index < -0.39 is 261 Å². The van der Waals surface area contributed by atoms with Gasteiger partial charge in [0.1, 0.15) is 83.9 Å². The van der Waals surface area contributed by atoms with E-state index in [4.69, 9.17) is 15.2 Å². The summed E-state index contributed by atoms with van der Waals surface area (Å²) in [5.41, 5.74) is 5.39. The molecule has 0 saturated carbocycles. The van der Waals surface area contributed by atoms with Crippen molar-refractivity contribution >= 4 is 123 Å². The normalized spacial score (nSPS) is 24.0. The number of aromatic hydroxyl groups is 1. The number of carboxylic acids is 4.